The van der Waals surface area contributed by atoms with Gasteiger partial charge in [0.15, 0.2) is 0 Å². The molecular weight excluding hydrogens is 325 g/mol. The Bertz CT molecular complexity index is 658. The Hall–Kier alpha value is -2.60. The molecule has 0 heterocycles. The van der Waals surface area contributed by atoms with Gasteiger partial charge in [0.2, 0.25) is 0 Å². The summed E-state index contributed by atoms with van der Waals surface area (Å²) in [5, 5.41) is 11.7. The minimum absolute atomic E-state index is 0.112. The van der Waals surface area contributed by atoms with Crippen LogP contribution in [0.4, 0.5) is 4.39 Å². The molecule has 2 aromatic carbocycles. The standard InChI is InChI=1S/C19H22FNO4/c1-14(21-12-10-19(22)23)11-13-24-16-6-8-18(9-7-16)25-17-4-2-15(20)3-5-17/h2-9,14,21H,10-13H2,1H3,(H,22,23). The molecule has 0 aliphatic carbocycles. The van der Waals surface area contributed by atoms with E-state index in [-0.39, 0.29) is 18.3 Å². The van der Waals surface area contributed by atoms with Crippen molar-refractivity contribution in [1.29, 1.82) is 0 Å². The van der Waals surface area contributed by atoms with Crippen LogP contribution in [0.3, 0.4) is 0 Å². The first-order chi connectivity index (χ1) is 12.0. The summed E-state index contributed by atoms with van der Waals surface area (Å²) in [7, 11) is 0. The van der Waals surface area contributed by atoms with Crippen LogP contribution in [0.25, 0.3) is 0 Å². The number of benzene rings is 2. The Morgan fingerprint density at radius 3 is 2.24 bits per heavy atom. The predicted octanol–water partition coefficient (Wildman–Crippen LogP) is 3.84. The van der Waals surface area contributed by atoms with Gasteiger partial charge in [-0.25, -0.2) is 4.39 Å². The lowest BCUT2D eigenvalue weighted by atomic mass is 10.2. The Balaban J connectivity index is 1.71. The summed E-state index contributed by atoms with van der Waals surface area (Å²) >= 11 is 0. The molecule has 0 saturated carbocycles. The van der Waals surface area contributed by atoms with E-state index in [0.717, 1.165) is 12.2 Å². The maximum atomic E-state index is 12.9. The van der Waals surface area contributed by atoms with Gasteiger partial charge in [0.05, 0.1) is 13.0 Å². The zero-order valence-electron chi connectivity index (χ0n) is 14.1. The van der Waals surface area contributed by atoms with E-state index >= 15 is 0 Å². The fourth-order valence-electron chi connectivity index (χ4n) is 2.12. The second kappa shape index (κ2) is 9.64. The molecular formula is C19H22FNO4. The number of hydrogen-bond donors (Lipinski definition) is 2. The van der Waals surface area contributed by atoms with Gasteiger partial charge in [-0.05, 0) is 61.9 Å². The summed E-state index contributed by atoms with van der Waals surface area (Å²) in [5.41, 5.74) is 0. The van der Waals surface area contributed by atoms with E-state index in [1.165, 1.54) is 12.1 Å². The minimum Gasteiger partial charge on any atom is -0.494 e. The average Bonchev–Trinajstić information content (AvgIpc) is 2.58. The van der Waals surface area contributed by atoms with E-state index in [4.69, 9.17) is 14.6 Å². The number of carbonyl (C=O) groups is 1. The van der Waals surface area contributed by atoms with Crippen molar-refractivity contribution in [2.24, 2.45) is 0 Å². The van der Waals surface area contributed by atoms with E-state index in [2.05, 4.69) is 5.32 Å². The molecule has 0 saturated heterocycles. The van der Waals surface area contributed by atoms with Crippen molar-refractivity contribution in [3.8, 4) is 17.2 Å². The Kier molecular flexibility index (Phi) is 7.22. The molecule has 1 unspecified atom stereocenters. The van der Waals surface area contributed by atoms with Crippen molar-refractivity contribution in [1.82, 2.24) is 5.32 Å². The Morgan fingerprint density at radius 2 is 1.64 bits per heavy atom. The average molecular weight is 347 g/mol. The molecule has 0 aliphatic rings. The molecule has 5 nitrogen and oxygen atoms in total. The molecule has 0 spiro atoms. The van der Waals surface area contributed by atoms with Crippen LogP contribution in [0, 0.1) is 5.82 Å². The molecule has 0 fully saturated rings. The van der Waals surface area contributed by atoms with Crippen LogP contribution in [0.1, 0.15) is 19.8 Å². The van der Waals surface area contributed by atoms with E-state index in [1.54, 1.807) is 36.4 Å². The van der Waals surface area contributed by atoms with Gasteiger partial charge in [-0.3, -0.25) is 4.79 Å². The minimum atomic E-state index is -0.807. The number of aliphatic carboxylic acids is 1. The number of carboxylic acids is 1. The van der Waals surface area contributed by atoms with Gasteiger partial charge < -0.3 is 19.9 Å². The summed E-state index contributed by atoms with van der Waals surface area (Å²) in [4.78, 5) is 10.4. The van der Waals surface area contributed by atoms with Crippen LogP contribution >= 0.6 is 0 Å². The smallest absolute Gasteiger partial charge is 0.304 e. The third kappa shape index (κ3) is 7.22. The van der Waals surface area contributed by atoms with E-state index < -0.39 is 5.97 Å². The summed E-state index contributed by atoms with van der Waals surface area (Å²) in [5.74, 6) is 0.824. The molecule has 25 heavy (non-hydrogen) atoms. The number of halogens is 1. The van der Waals surface area contributed by atoms with Crippen molar-refractivity contribution in [3.63, 3.8) is 0 Å². The van der Waals surface area contributed by atoms with Crippen LogP contribution in [0.5, 0.6) is 17.2 Å². The molecule has 2 aromatic rings. The normalized spacial score (nSPS) is 11.8. The predicted molar refractivity (Wildman–Crippen MR) is 92.7 cm³/mol. The maximum Gasteiger partial charge on any atom is 0.304 e. The fraction of sp³-hybridized carbons (Fsp3) is 0.316. The van der Waals surface area contributed by atoms with Gasteiger partial charge >= 0.3 is 5.97 Å². The van der Waals surface area contributed by atoms with E-state index in [0.29, 0.717) is 24.7 Å². The lowest BCUT2D eigenvalue weighted by Crippen LogP contribution is -2.29. The molecule has 2 rings (SSSR count). The number of carboxylic acid groups (broad SMARTS) is 1. The largest absolute Gasteiger partial charge is 0.494 e. The second-order valence-corrected chi connectivity index (χ2v) is 5.66. The number of nitrogens with one attached hydrogen (secondary N) is 1. The first-order valence-corrected chi connectivity index (χ1v) is 8.14. The molecule has 0 bridgehead atoms. The molecule has 1 atom stereocenters. The SMILES string of the molecule is CC(CCOc1ccc(Oc2ccc(F)cc2)cc1)NCCC(=O)O. The summed E-state index contributed by atoms with van der Waals surface area (Å²) in [6.07, 6.45) is 0.883. The van der Waals surface area contributed by atoms with Crippen molar-refractivity contribution in [2.45, 2.75) is 25.8 Å². The summed E-state index contributed by atoms with van der Waals surface area (Å²) < 4.78 is 24.1. The molecule has 2 N–H and O–H groups in total. The lowest BCUT2D eigenvalue weighted by molar-refractivity contribution is -0.136. The van der Waals surface area contributed by atoms with Crippen LogP contribution in [0.15, 0.2) is 48.5 Å². The number of rotatable bonds is 10. The highest BCUT2D eigenvalue weighted by molar-refractivity contribution is 5.66. The van der Waals surface area contributed by atoms with Crippen LogP contribution in [0.2, 0.25) is 0 Å². The van der Waals surface area contributed by atoms with Crippen LogP contribution in [-0.2, 0) is 4.79 Å². The van der Waals surface area contributed by atoms with Crippen molar-refractivity contribution < 1.29 is 23.8 Å². The highest BCUT2D eigenvalue weighted by atomic mass is 19.1. The second-order valence-electron chi connectivity index (χ2n) is 5.66. The highest BCUT2D eigenvalue weighted by Gasteiger charge is 2.04. The monoisotopic (exact) mass is 347 g/mol. The van der Waals surface area contributed by atoms with E-state index in [9.17, 15) is 9.18 Å². The summed E-state index contributed by atoms with van der Waals surface area (Å²) in [6, 6.07) is 13.2. The van der Waals surface area contributed by atoms with Crippen LogP contribution in [-0.4, -0.2) is 30.3 Å². The first kappa shape index (κ1) is 18.7. The van der Waals surface area contributed by atoms with Gasteiger partial charge in [0.1, 0.15) is 23.1 Å². The van der Waals surface area contributed by atoms with Gasteiger partial charge in [0, 0.05) is 12.6 Å². The van der Waals surface area contributed by atoms with E-state index in [1.807, 2.05) is 6.92 Å². The van der Waals surface area contributed by atoms with Gasteiger partial charge in [-0.1, -0.05) is 0 Å². The van der Waals surface area contributed by atoms with Crippen LogP contribution < -0.4 is 14.8 Å². The Labute approximate surface area is 146 Å². The highest BCUT2D eigenvalue weighted by Crippen LogP contribution is 2.24. The molecule has 0 aliphatic heterocycles. The third-order valence-corrected chi connectivity index (χ3v) is 3.52. The molecule has 6 heteroatoms. The molecule has 0 amide bonds. The molecule has 134 valence electrons. The quantitative estimate of drug-likeness (QED) is 0.683. The maximum absolute atomic E-state index is 12.9. The Morgan fingerprint density at radius 1 is 1.08 bits per heavy atom. The molecule has 0 radical (unpaired) electrons. The lowest BCUT2D eigenvalue weighted by Gasteiger charge is -2.14. The first-order valence-electron chi connectivity index (χ1n) is 8.14. The molecule has 0 aromatic heterocycles. The van der Waals surface area contributed by atoms with Gasteiger partial charge in [-0.2, -0.15) is 0 Å². The topological polar surface area (TPSA) is 67.8 Å². The zero-order chi connectivity index (χ0) is 18.1. The van der Waals surface area contributed by atoms with Crippen molar-refractivity contribution in [3.05, 3.63) is 54.3 Å². The fourth-order valence-corrected chi connectivity index (χ4v) is 2.12. The van der Waals surface area contributed by atoms with Gasteiger partial charge in [-0.15, -0.1) is 0 Å². The van der Waals surface area contributed by atoms with Crippen molar-refractivity contribution >= 4 is 5.97 Å². The van der Waals surface area contributed by atoms with Crippen molar-refractivity contribution in [2.75, 3.05) is 13.2 Å². The zero-order valence-corrected chi connectivity index (χ0v) is 14.1. The number of ether oxygens (including phenoxy) is 2. The van der Waals surface area contributed by atoms with Gasteiger partial charge in [0.25, 0.3) is 0 Å². The number of hydrogen-bond acceptors (Lipinski definition) is 4. The third-order valence-electron chi connectivity index (χ3n) is 3.52. The summed E-state index contributed by atoms with van der Waals surface area (Å²) in [6.45, 7) is 2.97.